The monoisotopic (exact) mass is 434 g/mol. The van der Waals surface area contributed by atoms with Crippen LogP contribution < -0.4 is 4.74 Å². The minimum absolute atomic E-state index is 0.100. The molecule has 2 atom stereocenters. The summed E-state index contributed by atoms with van der Waals surface area (Å²) in [6.45, 7) is -0.147. The molecule has 0 radical (unpaired) electrons. The van der Waals surface area contributed by atoms with Gasteiger partial charge in [0.1, 0.15) is 18.0 Å². The Kier molecular flexibility index (Phi) is 6.23. The summed E-state index contributed by atoms with van der Waals surface area (Å²) in [7, 11) is 1.74. The first-order valence-corrected chi connectivity index (χ1v) is 10.5. The molecule has 0 aromatic heterocycles. The molecule has 158 valence electrons. The number of amides is 2. The minimum Gasteiger partial charge on any atom is -0.484 e. The van der Waals surface area contributed by atoms with Crippen molar-refractivity contribution in [3.63, 3.8) is 0 Å². The molecule has 3 aromatic rings. The predicted molar refractivity (Wildman–Crippen MR) is 120 cm³/mol. The molecule has 1 aliphatic heterocycles. The van der Waals surface area contributed by atoms with Crippen LogP contribution in [0.5, 0.6) is 5.75 Å². The average Bonchev–Trinajstić information content (AvgIpc) is 3.05. The van der Waals surface area contributed by atoms with Gasteiger partial charge in [0.15, 0.2) is 6.61 Å². The maximum Gasteiger partial charge on any atom is 0.263 e. The van der Waals surface area contributed by atoms with E-state index in [-0.39, 0.29) is 18.4 Å². The van der Waals surface area contributed by atoms with Crippen molar-refractivity contribution in [2.75, 3.05) is 13.7 Å². The molecular weight excluding hydrogens is 412 g/mol. The third-order valence-corrected chi connectivity index (χ3v) is 5.68. The highest BCUT2D eigenvalue weighted by Gasteiger charge is 2.47. The zero-order valence-corrected chi connectivity index (χ0v) is 17.9. The van der Waals surface area contributed by atoms with Crippen LogP contribution in [-0.2, 0) is 16.0 Å². The number of carbonyl (C=O) groups is 2. The fraction of sp³-hybridized carbons (Fsp3) is 0.200. The van der Waals surface area contributed by atoms with Crippen molar-refractivity contribution in [3.8, 4) is 5.75 Å². The molecule has 31 heavy (non-hydrogen) atoms. The Morgan fingerprint density at radius 1 is 0.935 bits per heavy atom. The molecule has 5 nitrogen and oxygen atoms in total. The molecule has 4 rings (SSSR count). The molecule has 0 N–H and O–H groups in total. The van der Waals surface area contributed by atoms with Crippen LogP contribution >= 0.6 is 11.6 Å². The maximum absolute atomic E-state index is 13.3. The molecular formula is C25H23ClN2O3. The molecule has 1 aliphatic rings. The summed E-state index contributed by atoms with van der Waals surface area (Å²) >= 11 is 6.01. The van der Waals surface area contributed by atoms with E-state index in [1.165, 1.54) is 0 Å². The number of halogens is 1. The second-order valence-corrected chi connectivity index (χ2v) is 7.92. The molecule has 6 heteroatoms. The Bertz CT molecular complexity index is 1040. The number of hydrogen-bond donors (Lipinski definition) is 0. The van der Waals surface area contributed by atoms with E-state index in [0.717, 1.165) is 11.1 Å². The van der Waals surface area contributed by atoms with Gasteiger partial charge < -0.3 is 14.5 Å². The van der Waals surface area contributed by atoms with Gasteiger partial charge in [0.2, 0.25) is 5.91 Å². The Hall–Kier alpha value is -3.31. The number of benzene rings is 3. The van der Waals surface area contributed by atoms with Gasteiger partial charge in [-0.3, -0.25) is 9.59 Å². The van der Waals surface area contributed by atoms with Gasteiger partial charge in [-0.2, -0.15) is 0 Å². The van der Waals surface area contributed by atoms with E-state index in [1.807, 2.05) is 60.7 Å². The lowest BCUT2D eigenvalue weighted by Crippen LogP contribution is -2.43. The summed E-state index contributed by atoms with van der Waals surface area (Å²) < 4.78 is 5.71. The standard InChI is InChI=1S/C25H23ClN2O3/c1-27-24(19-8-4-2-5-9-19)28(23(29)17-31-21-10-6-3-7-11-21)22(25(27)30)16-18-12-14-20(26)15-13-18/h2-15,22,24H,16-17H2,1H3/t22-,24?/m1/s1. The van der Waals surface area contributed by atoms with Crippen LogP contribution in [0.3, 0.4) is 0 Å². The van der Waals surface area contributed by atoms with Crippen molar-refractivity contribution in [2.24, 2.45) is 0 Å². The molecule has 0 saturated carbocycles. The van der Waals surface area contributed by atoms with Gasteiger partial charge in [0.05, 0.1) is 0 Å². The van der Waals surface area contributed by atoms with E-state index in [4.69, 9.17) is 16.3 Å². The van der Waals surface area contributed by atoms with Gasteiger partial charge in [-0.1, -0.05) is 72.3 Å². The molecule has 0 bridgehead atoms. The van der Waals surface area contributed by atoms with Crippen LogP contribution in [0.25, 0.3) is 0 Å². The fourth-order valence-electron chi connectivity index (χ4n) is 3.92. The quantitative estimate of drug-likeness (QED) is 0.580. The number of hydrogen-bond acceptors (Lipinski definition) is 3. The van der Waals surface area contributed by atoms with E-state index in [0.29, 0.717) is 17.2 Å². The summed E-state index contributed by atoms with van der Waals surface area (Å²) in [5.41, 5.74) is 1.82. The van der Waals surface area contributed by atoms with Gasteiger partial charge in [-0.15, -0.1) is 0 Å². The first-order valence-electron chi connectivity index (χ1n) is 10.1. The van der Waals surface area contributed by atoms with E-state index in [9.17, 15) is 9.59 Å². The first-order chi connectivity index (χ1) is 15.0. The topological polar surface area (TPSA) is 49.9 Å². The number of nitrogens with zero attached hydrogens (tertiary/aromatic N) is 2. The third-order valence-electron chi connectivity index (χ3n) is 5.43. The van der Waals surface area contributed by atoms with Crippen molar-refractivity contribution in [2.45, 2.75) is 18.6 Å². The summed E-state index contributed by atoms with van der Waals surface area (Å²) in [6.07, 6.45) is -0.0846. The maximum atomic E-state index is 13.3. The molecule has 0 spiro atoms. The lowest BCUT2D eigenvalue weighted by Gasteiger charge is -2.30. The Labute approximate surface area is 186 Å². The molecule has 3 aromatic carbocycles. The third kappa shape index (κ3) is 4.57. The summed E-state index contributed by atoms with van der Waals surface area (Å²) in [5.74, 6) is 0.270. The van der Waals surface area contributed by atoms with E-state index in [2.05, 4.69) is 0 Å². The zero-order valence-electron chi connectivity index (χ0n) is 17.1. The van der Waals surface area contributed by atoms with Crippen molar-refractivity contribution in [1.82, 2.24) is 9.80 Å². The van der Waals surface area contributed by atoms with E-state index < -0.39 is 12.2 Å². The Balaban J connectivity index is 1.63. The smallest absolute Gasteiger partial charge is 0.263 e. The van der Waals surface area contributed by atoms with Crippen LogP contribution in [-0.4, -0.2) is 41.3 Å². The highest BCUT2D eigenvalue weighted by atomic mass is 35.5. The fourth-order valence-corrected chi connectivity index (χ4v) is 4.04. The second kappa shape index (κ2) is 9.23. The van der Waals surface area contributed by atoms with Gasteiger partial charge >= 0.3 is 0 Å². The van der Waals surface area contributed by atoms with Crippen LogP contribution in [0.1, 0.15) is 17.3 Å². The average molecular weight is 435 g/mol. The van der Waals surface area contributed by atoms with Crippen molar-refractivity contribution >= 4 is 23.4 Å². The zero-order chi connectivity index (χ0) is 21.8. The van der Waals surface area contributed by atoms with Crippen LogP contribution in [0.2, 0.25) is 5.02 Å². The summed E-state index contributed by atoms with van der Waals surface area (Å²) in [6, 6.07) is 25.5. The minimum atomic E-state index is -0.622. The van der Waals surface area contributed by atoms with Gasteiger partial charge in [-0.25, -0.2) is 0 Å². The lowest BCUT2D eigenvalue weighted by atomic mass is 10.0. The van der Waals surface area contributed by atoms with Crippen molar-refractivity contribution < 1.29 is 14.3 Å². The molecule has 1 unspecified atom stereocenters. The van der Waals surface area contributed by atoms with E-state index >= 15 is 0 Å². The van der Waals surface area contributed by atoms with Crippen molar-refractivity contribution in [3.05, 3.63) is 101 Å². The highest BCUT2D eigenvalue weighted by Crippen LogP contribution is 2.35. The molecule has 1 heterocycles. The number of carbonyl (C=O) groups excluding carboxylic acids is 2. The number of ether oxygens (including phenoxy) is 1. The Morgan fingerprint density at radius 2 is 1.55 bits per heavy atom. The highest BCUT2D eigenvalue weighted by molar-refractivity contribution is 6.30. The second-order valence-electron chi connectivity index (χ2n) is 7.48. The van der Waals surface area contributed by atoms with Gasteiger partial charge in [-0.05, 0) is 35.4 Å². The van der Waals surface area contributed by atoms with Crippen LogP contribution in [0, 0.1) is 0 Å². The SMILES string of the molecule is CN1C(=O)[C@@H](Cc2ccc(Cl)cc2)N(C(=O)COc2ccccc2)C1c1ccccc1. The molecule has 1 saturated heterocycles. The first kappa shape index (κ1) is 20.9. The largest absolute Gasteiger partial charge is 0.484 e. The normalized spacial score (nSPS) is 18.3. The predicted octanol–water partition coefficient (Wildman–Crippen LogP) is 4.33. The van der Waals surface area contributed by atoms with E-state index in [1.54, 1.807) is 41.1 Å². The van der Waals surface area contributed by atoms with Crippen LogP contribution in [0.15, 0.2) is 84.9 Å². The molecule has 0 aliphatic carbocycles. The van der Waals surface area contributed by atoms with Gasteiger partial charge in [0.25, 0.3) is 5.91 Å². The lowest BCUT2D eigenvalue weighted by molar-refractivity contribution is -0.138. The summed E-state index contributed by atoms with van der Waals surface area (Å²) in [5, 5.41) is 0.630. The number of likely N-dealkylation sites (N-methyl/N-ethyl adjacent to an activating group) is 1. The Morgan fingerprint density at radius 3 is 2.19 bits per heavy atom. The molecule has 2 amide bonds. The number of rotatable bonds is 6. The summed E-state index contributed by atoms with van der Waals surface area (Å²) in [4.78, 5) is 29.8. The number of para-hydroxylation sites is 1. The van der Waals surface area contributed by atoms with Crippen molar-refractivity contribution in [1.29, 1.82) is 0 Å². The molecule has 1 fully saturated rings. The van der Waals surface area contributed by atoms with Gasteiger partial charge in [0, 0.05) is 18.5 Å². The van der Waals surface area contributed by atoms with Crippen LogP contribution in [0.4, 0.5) is 0 Å².